The molecule has 2 rings (SSSR count). The van der Waals surface area contributed by atoms with Crippen LogP contribution in [0.15, 0.2) is 24.3 Å². The second-order valence-corrected chi connectivity index (χ2v) is 4.33. The monoisotopic (exact) mass is 206 g/mol. The zero-order valence-corrected chi connectivity index (χ0v) is 9.06. The summed E-state index contributed by atoms with van der Waals surface area (Å²) < 4.78 is 0. The molecule has 1 fully saturated rings. The number of nitrogens with two attached hydrogens (primary N) is 1. The standard InChI is InChI=1S/C12H18N2O/c1-9(15)10-5-6-14(8-10)12-4-2-3-11(13)7-12/h2-4,7,9-10,15H,5-6,8,13H2,1H3. The van der Waals surface area contributed by atoms with Crippen molar-refractivity contribution in [1.29, 1.82) is 0 Å². The van der Waals surface area contributed by atoms with E-state index < -0.39 is 0 Å². The Balaban J connectivity index is 2.08. The van der Waals surface area contributed by atoms with E-state index >= 15 is 0 Å². The molecule has 1 aliphatic rings. The van der Waals surface area contributed by atoms with Crippen LogP contribution in [0.2, 0.25) is 0 Å². The van der Waals surface area contributed by atoms with Gasteiger partial charge in [0.25, 0.3) is 0 Å². The van der Waals surface area contributed by atoms with E-state index in [2.05, 4.69) is 11.0 Å². The Kier molecular flexibility index (Phi) is 2.82. The van der Waals surface area contributed by atoms with E-state index in [9.17, 15) is 5.11 Å². The Hall–Kier alpha value is -1.22. The van der Waals surface area contributed by atoms with Crippen molar-refractivity contribution in [1.82, 2.24) is 0 Å². The Morgan fingerprint density at radius 3 is 2.93 bits per heavy atom. The maximum Gasteiger partial charge on any atom is 0.0557 e. The second kappa shape index (κ2) is 4.11. The molecule has 15 heavy (non-hydrogen) atoms. The maximum absolute atomic E-state index is 9.52. The van der Waals surface area contributed by atoms with Crippen LogP contribution >= 0.6 is 0 Å². The molecule has 82 valence electrons. The lowest BCUT2D eigenvalue weighted by molar-refractivity contribution is 0.136. The minimum atomic E-state index is -0.212. The molecule has 0 amide bonds. The topological polar surface area (TPSA) is 49.5 Å². The molecule has 0 bridgehead atoms. The van der Waals surface area contributed by atoms with Crippen LogP contribution in [-0.2, 0) is 0 Å². The van der Waals surface area contributed by atoms with Crippen LogP contribution < -0.4 is 10.6 Å². The molecule has 0 radical (unpaired) electrons. The molecule has 0 saturated carbocycles. The van der Waals surface area contributed by atoms with Gasteiger partial charge in [-0.3, -0.25) is 0 Å². The number of hydrogen-bond acceptors (Lipinski definition) is 3. The van der Waals surface area contributed by atoms with Gasteiger partial charge in [0.2, 0.25) is 0 Å². The van der Waals surface area contributed by atoms with Gasteiger partial charge in [-0.15, -0.1) is 0 Å². The van der Waals surface area contributed by atoms with Crippen molar-refractivity contribution in [2.45, 2.75) is 19.4 Å². The van der Waals surface area contributed by atoms with Crippen molar-refractivity contribution >= 4 is 11.4 Å². The van der Waals surface area contributed by atoms with Crippen molar-refractivity contribution in [2.24, 2.45) is 5.92 Å². The molecule has 1 heterocycles. The smallest absolute Gasteiger partial charge is 0.0557 e. The first-order valence-corrected chi connectivity index (χ1v) is 5.45. The van der Waals surface area contributed by atoms with Crippen LogP contribution in [0.5, 0.6) is 0 Å². The van der Waals surface area contributed by atoms with E-state index in [1.54, 1.807) is 0 Å². The Labute approximate surface area is 90.5 Å². The van der Waals surface area contributed by atoms with E-state index in [0.29, 0.717) is 5.92 Å². The van der Waals surface area contributed by atoms with E-state index in [1.165, 1.54) is 0 Å². The summed E-state index contributed by atoms with van der Waals surface area (Å²) in [5, 5.41) is 9.52. The van der Waals surface area contributed by atoms with Gasteiger partial charge in [0.05, 0.1) is 6.10 Å². The van der Waals surface area contributed by atoms with Crippen LogP contribution in [0.4, 0.5) is 11.4 Å². The molecular weight excluding hydrogens is 188 g/mol. The summed E-state index contributed by atoms with van der Waals surface area (Å²) >= 11 is 0. The van der Waals surface area contributed by atoms with Gasteiger partial charge < -0.3 is 15.7 Å². The predicted molar refractivity (Wildman–Crippen MR) is 62.9 cm³/mol. The van der Waals surface area contributed by atoms with Crippen molar-refractivity contribution in [3.8, 4) is 0 Å². The third-order valence-corrected chi connectivity index (χ3v) is 3.14. The van der Waals surface area contributed by atoms with Crippen LogP contribution in [0.1, 0.15) is 13.3 Å². The van der Waals surface area contributed by atoms with Gasteiger partial charge in [0.15, 0.2) is 0 Å². The highest BCUT2D eigenvalue weighted by Crippen LogP contribution is 2.26. The highest BCUT2D eigenvalue weighted by atomic mass is 16.3. The number of nitrogen functional groups attached to an aromatic ring is 1. The molecule has 3 nitrogen and oxygen atoms in total. The van der Waals surface area contributed by atoms with Crippen molar-refractivity contribution in [3.63, 3.8) is 0 Å². The van der Waals surface area contributed by atoms with Crippen LogP contribution in [-0.4, -0.2) is 24.3 Å². The zero-order chi connectivity index (χ0) is 10.8. The first kappa shape index (κ1) is 10.3. The molecule has 1 aromatic rings. The van der Waals surface area contributed by atoms with E-state index in [4.69, 9.17) is 5.73 Å². The van der Waals surface area contributed by atoms with Crippen molar-refractivity contribution < 1.29 is 5.11 Å². The first-order valence-electron chi connectivity index (χ1n) is 5.45. The van der Waals surface area contributed by atoms with Crippen molar-refractivity contribution in [3.05, 3.63) is 24.3 Å². The largest absolute Gasteiger partial charge is 0.399 e. The molecule has 1 aromatic carbocycles. The lowest BCUT2D eigenvalue weighted by Crippen LogP contribution is -2.23. The first-order chi connectivity index (χ1) is 7.16. The fourth-order valence-corrected chi connectivity index (χ4v) is 2.14. The summed E-state index contributed by atoms with van der Waals surface area (Å²) in [5.74, 6) is 0.395. The summed E-state index contributed by atoms with van der Waals surface area (Å²) in [5.41, 5.74) is 7.71. The number of aliphatic hydroxyl groups is 1. The average Bonchev–Trinajstić information content (AvgIpc) is 2.66. The molecule has 2 atom stereocenters. The quantitative estimate of drug-likeness (QED) is 0.720. The average molecular weight is 206 g/mol. The van der Waals surface area contributed by atoms with Gasteiger partial charge >= 0.3 is 0 Å². The molecule has 0 aromatic heterocycles. The summed E-state index contributed by atoms with van der Waals surface area (Å²) in [6.45, 7) is 3.81. The molecule has 0 aliphatic carbocycles. The number of anilines is 2. The third kappa shape index (κ3) is 2.23. The lowest BCUT2D eigenvalue weighted by atomic mass is 10.0. The normalized spacial score (nSPS) is 23.1. The number of benzene rings is 1. The predicted octanol–water partition coefficient (Wildman–Crippen LogP) is 1.48. The number of aliphatic hydroxyl groups excluding tert-OH is 1. The lowest BCUT2D eigenvalue weighted by Gasteiger charge is -2.19. The second-order valence-electron chi connectivity index (χ2n) is 4.33. The van der Waals surface area contributed by atoms with Crippen LogP contribution in [0.25, 0.3) is 0 Å². The summed E-state index contributed by atoms with van der Waals surface area (Å²) in [6.07, 6.45) is 0.850. The molecule has 1 saturated heterocycles. The van der Waals surface area contributed by atoms with Gasteiger partial charge in [-0.05, 0) is 31.5 Å². The zero-order valence-electron chi connectivity index (χ0n) is 9.06. The molecular formula is C12H18N2O. The highest BCUT2D eigenvalue weighted by Gasteiger charge is 2.25. The molecule has 0 spiro atoms. The van der Waals surface area contributed by atoms with E-state index in [-0.39, 0.29) is 6.10 Å². The summed E-state index contributed by atoms with van der Waals surface area (Å²) in [7, 11) is 0. The van der Waals surface area contributed by atoms with E-state index in [1.807, 2.05) is 25.1 Å². The summed E-state index contributed by atoms with van der Waals surface area (Å²) in [6, 6.07) is 7.93. The fraction of sp³-hybridized carbons (Fsp3) is 0.500. The van der Waals surface area contributed by atoms with Crippen LogP contribution in [0, 0.1) is 5.92 Å². The Morgan fingerprint density at radius 2 is 2.33 bits per heavy atom. The minimum absolute atomic E-state index is 0.212. The molecule has 2 unspecified atom stereocenters. The Bertz CT molecular complexity index is 338. The number of rotatable bonds is 2. The van der Waals surface area contributed by atoms with Crippen LogP contribution in [0.3, 0.4) is 0 Å². The molecule has 3 heteroatoms. The fourth-order valence-electron chi connectivity index (χ4n) is 2.14. The third-order valence-electron chi connectivity index (χ3n) is 3.14. The van der Waals surface area contributed by atoms with Gasteiger partial charge in [-0.2, -0.15) is 0 Å². The summed E-state index contributed by atoms with van der Waals surface area (Å²) in [4.78, 5) is 2.29. The Morgan fingerprint density at radius 1 is 1.53 bits per heavy atom. The van der Waals surface area contributed by atoms with Gasteiger partial charge in [-0.25, -0.2) is 0 Å². The van der Waals surface area contributed by atoms with Gasteiger partial charge in [0, 0.05) is 30.4 Å². The molecule has 3 N–H and O–H groups in total. The van der Waals surface area contributed by atoms with Gasteiger partial charge in [0.1, 0.15) is 0 Å². The van der Waals surface area contributed by atoms with Gasteiger partial charge in [-0.1, -0.05) is 6.07 Å². The SMILES string of the molecule is CC(O)C1CCN(c2cccc(N)c2)C1. The maximum atomic E-state index is 9.52. The van der Waals surface area contributed by atoms with E-state index in [0.717, 1.165) is 30.9 Å². The minimum Gasteiger partial charge on any atom is -0.399 e. The van der Waals surface area contributed by atoms with Crippen molar-refractivity contribution in [2.75, 3.05) is 23.7 Å². The highest BCUT2D eigenvalue weighted by molar-refractivity contribution is 5.56. The number of hydrogen-bond donors (Lipinski definition) is 2. The number of nitrogens with zero attached hydrogens (tertiary/aromatic N) is 1. The molecule has 1 aliphatic heterocycles.